The maximum Gasteiger partial charge on any atom is 0.251 e. The average molecular weight is 323 g/mol. The number of carbonyl (C=O) groups is 1. The lowest BCUT2D eigenvalue weighted by atomic mass is 10.0. The Labute approximate surface area is 146 Å². The number of benzene rings is 2. The van der Waals surface area contributed by atoms with Gasteiger partial charge in [-0.1, -0.05) is 74.6 Å². The first kappa shape index (κ1) is 18.3. The molecule has 0 aromatic heterocycles. The van der Waals surface area contributed by atoms with Crippen LogP contribution in [-0.2, 0) is 13.0 Å². The summed E-state index contributed by atoms with van der Waals surface area (Å²) in [5, 5.41) is 2.98. The highest BCUT2D eigenvalue weighted by Crippen LogP contribution is 2.11. The first-order valence-corrected chi connectivity index (χ1v) is 9.11. The van der Waals surface area contributed by atoms with Gasteiger partial charge < -0.3 is 5.32 Å². The number of unbranched alkanes of at least 4 members (excludes halogenated alkanes) is 4. The molecule has 1 N–H and O–H groups in total. The summed E-state index contributed by atoms with van der Waals surface area (Å²) in [7, 11) is 0. The third-order valence-electron chi connectivity index (χ3n) is 4.36. The van der Waals surface area contributed by atoms with Gasteiger partial charge in [0.2, 0.25) is 0 Å². The summed E-state index contributed by atoms with van der Waals surface area (Å²) < 4.78 is 0. The van der Waals surface area contributed by atoms with Crippen molar-refractivity contribution in [3.8, 4) is 0 Å². The van der Waals surface area contributed by atoms with Crippen LogP contribution in [0.1, 0.15) is 66.1 Å². The van der Waals surface area contributed by atoms with Gasteiger partial charge in [0.25, 0.3) is 5.91 Å². The highest BCUT2D eigenvalue weighted by atomic mass is 16.1. The SMILES string of the molecule is CCCCCCCc1ccc(C(=O)NCc2ccc(C)cc2)cc1. The van der Waals surface area contributed by atoms with E-state index in [0.29, 0.717) is 6.54 Å². The predicted molar refractivity (Wildman–Crippen MR) is 101 cm³/mol. The summed E-state index contributed by atoms with van der Waals surface area (Å²) in [5.74, 6) is -0.00919. The summed E-state index contributed by atoms with van der Waals surface area (Å²) in [4.78, 5) is 12.2. The van der Waals surface area contributed by atoms with Gasteiger partial charge >= 0.3 is 0 Å². The summed E-state index contributed by atoms with van der Waals surface area (Å²) in [6, 6.07) is 16.3. The van der Waals surface area contributed by atoms with Crippen molar-refractivity contribution in [3.05, 3.63) is 70.8 Å². The Morgan fingerprint density at radius 2 is 1.46 bits per heavy atom. The number of hydrogen-bond donors (Lipinski definition) is 1. The molecule has 0 radical (unpaired) electrons. The Morgan fingerprint density at radius 3 is 2.12 bits per heavy atom. The molecule has 0 bridgehead atoms. The molecule has 2 heteroatoms. The van der Waals surface area contributed by atoms with Gasteiger partial charge in [-0.05, 0) is 43.0 Å². The van der Waals surface area contributed by atoms with Gasteiger partial charge in [0.15, 0.2) is 0 Å². The lowest BCUT2D eigenvalue weighted by Gasteiger charge is -2.07. The van der Waals surface area contributed by atoms with E-state index in [1.54, 1.807) is 0 Å². The highest BCUT2D eigenvalue weighted by Gasteiger charge is 2.05. The fourth-order valence-electron chi connectivity index (χ4n) is 2.75. The molecule has 2 aromatic carbocycles. The Hall–Kier alpha value is -2.09. The Balaban J connectivity index is 1.77. The number of aryl methyl sites for hydroxylation is 2. The largest absolute Gasteiger partial charge is 0.348 e. The van der Waals surface area contributed by atoms with Gasteiger partial charge in [0.05, 0.1) is 0 Å². The molecule has 0 saturated heterocycles. The Morgan fingerprint density at radius 1 is 0.833 bits per heavy atom. The molecule has 2 nitrogen and oxygen atoms in total. The van der Waals surface area contributed by atoms with Gasteiger partial charge in [0, 0.05) is 12.1 Å². The van der Waals surface area contributed by atoms with Crippen molar-refractivity contribution in [2.45, 2.75) is 58.9 Å². The van der Waals surface area contributed by atoms with Crippen LogP contribution in [0.15, 0.2) is 48.5 Å². The standard InChI is InChI=1S/C22H29NO/c1-3-4-5-6-7-8-19-13-15-21(16-14-19)22(24)23-17-20-11-9-18(2)10-12-20/h9-16H,3-8,17H2,1-2H3,(H,23,24). The van der Waals surface area contributed by atoms with Gasteiger partial charge in [-0.25, -0.2) is 0 Å². The van der Waals surface area contributed by atoms with Crippen molar-refractivity contribution < 1.29 is 4.79 Å². The van der Waals surface area contributed by atoms with Gasteiger partial charge in [0.1, 0.15) is 0 Å². The molecule has 0 aliphatic heterocycles. The maximum atomic E-state index is 12.2. The Bertz CT molecular complexity index is 613. The van der Waals surface area contributed by atoms with Crippen molar-refractivity contribution in [2.75, 3.05) is 0 Å². The Kier molecular flexibility index (Phi) is 7.54. The fourth-order valence-corrected chi connectivity index (χ4v) is 2.75. The third kappa shape index (κ3) is 6.19. The molecule has 128 valence electrons. The van der Waals surface area contributed by atoms with E-state index in [-0.39, 0.29) is 5.91 Å². The molecule has 1 amide bonds. The maximum absolute atomic E-state index is 12.2. The van der Waals surface area contributed by atoms with Crippen molar-refractivity contribution in [3.63, 3.8) is 0 Å². The molecular formula is C22H29NO. The third-order valence-corrected chi connectivity index (χ3v) is 4.36. The molecule has 0 aliphatic carbocycles. The molecule has 0 fully saturated rings. The number of amides is 1. The first-order chi connectivity index (χ1) is 11.7. The van der Waals surface area contributed by atoms with Crippen LogP contribution in [0.2, 0.25) is 0 Å². The number of nitrogens with one attached hydrogen (secondary N) is 1. The molecule has 0 heterocycles. The summed E-state index contributed by atoms with van der Waals surface area (Å²) in [6.07, 6.45) is 7.59. The van der Waals surface area contributed by atoms with Crippen LogP contribution >= 0.6 is 0 Å². The molecule has 2 rings (SSSR count). The summed E-state index contributed by atoms with van der Waals surface area (Å²) >= 11 is 0. The average Bonchev–Trinajstić information content (AvgIpc) is 2.61. The molecule has 0 aliphatic rings. The molecule has 0 unspecified atom stereocenters. The van der Waals surface area contributed by atoms with Gasteiger partial charge in [-0.15, -0.1) is 0 Å². The van der Waals surface area contributed by atoms with E-state index < -0.39 is 0 Å². The van der Waals surface area contributed by atoms with Crippen LogP contribution in [0, 0.1) is 6.92 Å². The molecule has 0 atom stereocenters. The zero-order valence-electron chi connectivity index (χ0n) is 15.0. The lowest BCUT2D eigenvalue weighted by Crippen LogP contribution is -2.22. The normalized spacial score (nSPS) is 10.6. The monoisotopic (exact) mass is 323 g/mol. The van der Waals surface area contributed by atoms with Crippen LogP contribution in [0.5, 0.6) is 0 Å². The first-order valence-electron chi connectivity index (χ1n) is 9.11. The van der Waals surface area contributed by atoms with E-state index in [1.165, 1.54) is 43.2 Å². The van der Waals surface area contributed by atoms with E-state index in [0.717, 1.165) is 17.5 Å². The second-order valence-electron chi connectivity index (χ2n) is 6.53. The summed E-state index contributed by atoms with van der Waals surface area (Å²) in [5.41, 5.74) is 4.41. The predicted octanol–water partition coefficient (Wildman–Crippen LogP) is 5.44. The minimum atomic E-state index is -0.00919. The quantitative estimate of drug-likeness (QED) is 0.612. The summed E-state index contributed by atoms with van der Waals surface area (Å²) in [6.45, 7) is 4.87. The fraction of sp³-hybridized carbons (Fsp3) is 0.409. The second-order valence-corrected chi connectivity index (χ2v) is 6.53. The van der Waals surface area contributed by atoms with Crippen LogP contribution in [0.25, 0.3) is 0 Å². The minimum absolute atomic E-state index is 0.00919. The number of carbonyl (C=O) groups excluding carboxylic acids is 1. The van der Waals surface area contributed by atoms with Crippen molar-refractivity contribution in [1.82, 2.24) is 5.32 Å². The smallest absolute Gasteiger partial charge is 0.251 e. The molecule has 2 aromatic rings. The van der Waals surface area contributed by atoms with Crippen LogP contribution < -0.4 is 5.32 Å². The van der Waals surface area contributed by atoms with Crippen molar-refractivity contribution in [1.29, 1.82) is 0 Å². The van der Waals surface area contributed by atoms with E-state index in [1.807, 2.05) is 12.1 Å². The zero-order valence-corrected chi connectivity index (χ0v) is 15.0. The van der Waals surface area contributed by atoms with E-state index in [9.17, 15) is 4.79 Å². The topological polar surface area (TPSA) is 29.1 Å². The zero-order chi connectivity index (χ0) is 17.2. The molecule has 24 heavy (non-hydrogen) atoms. The second kappa shape index (κ2) is 9.92. The van der Waals surface area contributed by atoms with Crippen LogP contribution in [-0.4, -0.2) is 5.91 Å². The van der Waals surface area contributed by atoms with E-state index >= 15 is 0 Å². The van der Waals surface area contributed by atoms with E-state index in [2.05, 4.69) is 55.6 Å². The molecule has 0 spiro atoms. The van der Waals surface area contributed by atoms with Crippen LogP contribution in [0.4, 0.5) is 0 Å². The van der Waals surface area contributed by atoms with Gasteiger partial charge in [-0.3, -0.25) is 4.79 Å². The van der Waals surface area contributed by atoms with Crippen molar-refractivity contribution in [2.24, 2.45) is 0 Å². The molecule has 0 saturated carbocycles. The van der Waals surface area contributed by atoms with E-state index in [4.69, 9.17) is 0 Å². The van der Waals surface area contributed by atoms with Crippen LogP contribution in [0.3, 0.4) is 0 Å². The lowest BCUT2D eigenvalue weighted by molar-refractivity contribution is 0.0951. The minimum Gasteiger partial charge on any atom is -0.348 e. The van der Waals surface area contributed by atoms with Gasteiger partial charge in [-0.2, -0.15) is 0 Å². The number of hydrogen-bond acceptors (Lipinski definition) is 1. The highest BCUT2D eigenvalue weighted by molar-refractivity contribution is 5.94. The van der Waals surface area contributed by atoms with Crippen molar-refractivity contribution >= 4 is 5.91 Å². The molecular weight excluding hydrogens is 294 g/mol. The number of rotatable bonds is 9.